The van der Waals surface area contributed by atoms with E-state index in [1.165, 1.54) is 38.5 Å². The minimum atomic E-state index is -4.87. The zero-order valence-corrected chi connectivity index (χ0v) is 21.6. The number of nitrogens with two attached hydrogens (primary N) is 1. The van der Waals surface area contributed by atoms with Gasteiger partial charge in [-0.15, -0.1) is 14.6 Å². The monoisotopic (exact) mass is 575 g/mol. The van der Waals surface area contributed by atoms with Crippen LogP contribution in [-0.2, 0) is 34.1 Å². The minimum absolute atomic E-state index is 0.0222. The fourth-order valence-electron chi connectivity index (χ4n) is 3.24. The van der Waals surface area contributed by atoms with E-state index in [1.54, 1.807) is 0 Å². The molecule has 200 valence electrons. The minimum Gasteiger partial charge on any atom is -0.507 e. The highest BCUT2D eigenvalue weighted by molar-refractivity contribution is 7.94. The Kier molecular flexibility index (Phi) is 8.92. The lowest BCUT2D eigenvalue weighted by Crippen LogP contribution is -2.11. The highest BCUT2D eigenvalue weighted by Gasteiger charge is 2.22. The number of phenols is 1. The third kappa shape index (κ3) is 6.46. The molecule has 0 aliphatic heterocycles. The van der Waals surface area contributed by atoms with Crippen molar-refractivity contribution in [3.63, 3.8) is 0 Å². The van der Waals surface area contributed by atoms with Crippen LogP contribution < -0.4 is 10.5 Å². The van der Waals surface area contributed by atoms with Crippen LogP contribution in [0.25, 0.3) is 10.8 Å². The number of hydrogen-bond donors (Lipinski definition) is 4. The van der Waals surface area contributed by atoms with Crippen LogP contribution in [0, 0.1) is 0 Å². The summed E-state index contributed by atoms with van der Waals surface area (Å²) < 4.78 is 73.4. The van der Waals surface area contributed by atoms with E-state index in [1.807, 2.05) is 0 Å². The van der Waals surface area contributed by atoms with Gasteiger partial charge in [0.1, 0.15) is 27.8 Å². The average molecular weight is 576 g/mol. The number of sulfone groups is 1. The standard InChI is InChI=1S/C20H21N3O11S3/c1-31-5-6-36(26,27)12-3-4-17(32-2)14(9-12)22-23-15-10-18(37(28,29)30)13-7-11(35-34-33-25)8-16(24)19(13)20(15)21/h3-4,7-10,24-25H,5-6,21H2,1-2H3,(H,28,29,30). The summed E-state index contributed by atoms with van der Waals surface area (Å²) in [6.45, 7) is -0.0277. The largest absolute Gasteiger partial charge is 0.507 e. The number of ether oxygens (including phenoxy) is 2. The van der Waals surface area contributed by atoms with Crippen LogP contribution in [0.15, 0.2) is 61.3 Å². The van der Waals surface area contributed by atoms with Crippen LogP contribution in [-0.4, -0.2) is 58.3 Å². The smallest absolute Gasteiger partial charge is 0.295 e. The van der Waals surface area contributed by atoms with Crippen molar-refractivity contribution in [1.82, 2.24) is 0 Å². The first kappa shape index (κ1) is 28.5. The topological polar surface area (TPSA) is 217 Å². The number of methoxy groups -OCH3 is 2. The van der Waals surface area contributed by atoms with Crippen molar-refractivity contribution >= 4 is 59.8 Å². The van der Waals surface area contributed by atoms with Crippen molar-refractivity contribution in [3.05, 3.63) is 36.4 Å². The van der Waals surface area contributed by atoms with Crippen molar-refractivity contribution < 1.29 is 50.6 Å². The second-order valence-corrected chi connectivity index (χ2v) is 11.5. The molecule has 0 atom stereocenters. The van der Waals surface area contributed by atoms with Crippen LogP contribution in [0.3, 0.4) is 0 Å². The molecule has 3 aromatic rings. The van der Waals surface area contributed by atoms with Crippen LogP contribution in [0.1, 0.15) is 0 Å². The molecule has 0 heterocycles. The second-order valence-electron chi connectivity index (χ2n) is 7.22. The van der Waals surface area contributed by atoms with Gasteiger partial charge in [0.15, 0.2) is 9.84 Å². The molecule has 3 rings (SSSR count). The molecule has 0 saturated heterocycles. The highest BCUT2D eigenvalue weighted by atomic mass is 32.2. The Hall–Kier alpha value is -3.03. The maximum Gasteiger partial charge on any atom is 0.295 e. The number of rotatable bonds is 11. The number of benzene rings is 3. The van der Waals surface area contributed by atoms with Gasteiger partial charge in [0, 0.05) is 17.4 Å². The second kappa shape index (κ2) is 11.6. The SMILES string of the molecule is COCCS(=O)(=O)c1ccc(OC)c(N=Nc2cc(S(=O)(=O)O)c3cc(SOOO)cc(O)c3c2N)c1. The number of anilines is 1. The fourth-order valence-corrected chi connectivity index (χ4v) is 5.57. The molecule has 0 bridgehead atoms. The summed E-state index contributed by atoms with van der Waals surface area (Å²) in [5.41, 5.74) is 5.65. The number of aromatic hydroxyl groups is 1. The molecule has 17 heteroatoms. The van der Waals surface area contributed by atoms with Crippen LogP contribution >= 0.6 is 12.0 Å². The van der Waals surface area contributed by atoms with E-state index in [4.69, 9.17) is 20.5 Å². The predicted octanol–water partition coefficient (Wildman–Crippen LogP) is 3.65. The maximum atomic E-state index is 12.5. The summed E-state index contributed by atoms with van der Waals surface area (Å²) in [5, 5.41) is 29.9. The number of azo groups is 1. The van der Waals surface area contributed by atoms with Crippen molar-refractivity contribution in [3.8, 4) is 11.5 Å². The molecule has 37 heavy (non-hydrogen) atoms. The summed E-state index contributed by atoms with van der Waals surface area (Å²) in [5.74, 6) is -0.638. The Morgan fingerprint density at radius 3 is 2.35 bits per heavy atom. The summed E-state index contributed by atoms with van der Waals surface area (Å²) in [6, 6.07) is 7.15. The van der Waals surface area contributed by atoms with Gasteiger partial charge in [-0.25, -0.2) is 13.7 Å². The van der Waals surface area contributed by atoms with Gasteiger partial charge in [-0.05, 0) is 36.4 Å². The first-order valence-electron chi connectivity index (χ1n) is 9.96. The molecule has 0 saturated carbocycles. The van der Waals surface area contributed by atoms with Gasteiger partial charge in [-0.1, -0.05) is 5.04 Å². The van der Waals surface area contributed by atoms with E-state index in [9.17, 15) is 26.5 Å². The van der Waals surface area contributed by atoms with Crippen molar-refractivity contribution in [2.24, 2.45) is 10.2 Å². The van der Waals surface area contributed by atoms with Crippen LogP contribution in [0.4, 0.5) is 17.1 Å². The van der Waals surface area contributed by atoms with Gasteiger partial charge in [0.25, 0.3) is 10.1 Å². The quantitative estimate of drug-likeness (QED) is 0.0642. The van der Waals surface area contributed by atoms with Gasteiger partial charge in [0.2, 0.25) is 0 Å². The van der Waals surface area contributed by atoms with E-state index in [0.717, 1.165) is 12.1 Å². The zero-order valence-electron chi connectivity index (χ0n) is 19.2. The first-order valence-corrected chi connectivity index (χ1v) is 13.8. The molecule has 0 aliphatic carbocycles. The van der Waals surface area contributed by atoms with Crippen molar-refractivity contribution in [2.75, 3.05) is 32.3 Å². The number of hydrogen-bond acceptors (Lipinski definition) is 14. The predicted molar refractivity (Wildman–Crippen MR) is 132 cm³/mol. The van der Waals surface area contributed by atoms with Gasteiger partial charge < -0.3 is 20.3 Å². The molecular formula is C20H21N3O11S3. The molecule has 0 aromatic heterocycles. The number of nitrogens with zero attached hydrogens (tertiary/aromatic N) is 2. The zero-order chi connectivity index (χ0) is 27.4. The third-order valence-electron chi connectivity index (χ3n) is 4.94. The summed E-state index contributed by atoms with van der Waals surface area (Å²) >= 11 is 0.436. The molecule has 0 spiro atoms. The Morgan fingerprint density at radius 1 is 1.03 bits per heavy atom. The van der Waals surface area contributed by atoms with E-state index < -0.39 is 30.6 Å². The first-order chi connectivity index (χ1) is 17.4. The highest BCUT2D eigenvalue weighted by Crippen LogP contribution is 2.43. The molecule has 0 amide bonds. The Bertz CT molecular complexity index is 1560. The Morgan fingerprint density at radius 2 is 1.73 bits per heavy atom. The summed E-state index contributed by atoms with van der Waals surface area (Å²) in [4.78, 5) is -0.661. The summed E-state index contributed by atoms with van der Waals surface area (Å²) in [7, 11) is -5.90. The molecule has 0 unspecified atom stereocenters. The van der Waals surface area contributed by atoms with Crippen molar-refractivity contribution in [1.29, 1.82) is 0 Å². The lowest BCUT2D eigenvalue weighted by molar-refractivity contribution is -0.432. The molecule has 0 radical (unpaired) electrons. The maximum absolute atomic E-state index is 12.5. The molecule has 5 N–H and O–H groups in total. The van der Waals surface area contributed by atoms with Crippen molar-refractivity contribution in [2.45, 2.75) is 14.7 Å². The van der Waals surface area contributed by atoms with Crippen LogP contribution in [0.2, 0.25) is 0 Å². The number of nitrogen functional groups attached to an aromatic ring is 1. The van der Waals surface area contributed by atoms with E-state index in [-0.39, 0.29) is 55.7 Å². The number of fused-ring (bicyclic) bond motifs is 1. The average Bonchev–Trinajstić information content (AvgIpc) is 2.84. The Balaban J connectivity index is 2.18. The fraction of sp³-hybridized carbons (Fsp3) is 0.200. The van der Waals surface area contributed by atoms with E-state index in [0.29, 0.717) is 12.0 Å². The van der Waals surface area contributed by atoms with Gasteiger partial charge in [-0.3, -0.25) is 4.55 Å². The summed E-state index contributed by atoms with van der Waals surface area (Å²) in [6.07, 6.45) is 0. The van der Waals surface area contributed by atoms with E-state index in [2.05, 4.69) is 19.6 Å². The third-order valence-corrected chi connectivity index (χ3v) is 8.07. The Labute approximate surface area is 215 Å². The van der Waals surface area contributed by atoms with E-state index >= 15 is 0 Å². The molecule has 0 fully saturated rings. The molecule has 14 nitrogen and oxygen atoms in total. The number of phenolic OH excluding ortho intramolecular Hbond substituents is 1. The molecule has 3 aromatic carbocycles. The lowest BCUT2D eigenvalue weighted by atomic mass is 10.1. The van der Waals surface area contributed by atoms with Gasteiger partial charge >= 0.3 is 0 Å². The van der Waals surface area contributed by atoms with Gasteiger partial charge in [0.05, 0.1) is 47.5 Å². The molecule has 0 aliphatic rings. The van der Waals surface area contributed by atoms with Crippen LogP contribution in [0.5, 0.6) is 11.5 Å². The normalized spacial score (nSPS) is 12.4. The lowest BCUT2D eigenvalue weighted by Gasteiger charge is -2.12. The molecular weight excluding hydrogens is 554 g/mol. The van der Waals surface area contributed by atoms with Gasteiger partial charge in [-0.2, -0.15) is 8.42 Å².